The number of carbonyl (C=O) groups excluding carboxylic acids is 1. The summed E-state index contributed by atoms with van der Waals surface area (Å²) in [6.45, 7) is -0.998. The fourth-order valence-corrected chi connectivity index (χ4v) is 2.78. The van der Waals surface area contributed by atoms with Crippen LogP contribution in [0.3, 0.4) is 0 Å². The Bertz CT molecular complexity index is 578. The fourth-order valence-electron chi connectivity index (χ4n) is 1.63. The van der Waals surface area contributed by atoms with Gasteiger partial charge in [-0.25, -0.2) is 13.6 Å². The van der Waals surface area contributed by atoms with Gasteiger partial charge in [0.15, 0.2) is 0 Å². The topological polar surface area (TPSA) is 72.9 Å². The zero-order valence-electron chi connectivity index (χ0n) is 10.1. The molecule has 1 aliphatic heterocycles. The van der Waals surface area contributed by atoms with Crippen molar-refractivity contribution >= 4 is 16.4 Å². The number of benzene rings is 1. The average Bonchev–Trinajstić information content (AvgIpc) is 2.73. The SMILES string of the molecule is O=C(OCc1ccccc1)N1[C@H](C(F)F)COS1(=O)=O. The van der Waals surface area contributed by atoms with E-state index in [4.69, 9.17) is 4.74 Å². The molecule has 0 bridgehead atoms. The van der Waals surface area contributed by atoms with Crippen LogP contribution in [0.2, 0.25) is 0 Å². The summed E-state index contributed by atoms with van der Waals surface area (Å²) in [5, 5.41) is 0. The minimum atomic E-state index is -4.51. The van der Waals surface area contributed by atoms with Crippen LogP contribution in [-0.2, 0) is 25.8 Å². The number of alkyl halides is 2. The van der Waals surface area contributed by atoms with Crippen LogP contribution in [0.5, 0.6) is 0 Å². The third-order valence-electron chi connectivity index (χ3n) is 2.61. The van der Waals surface area contributed by atoms with Gasteiger partial charge in [-0.15, -0.1) is 0 Å². The van der Waals surface area contributed by atoms with Gasteiger partial charge in [-0.05, 0) is 5.56 Å². The zero-order valence-corrected chi connectivity index (χ0v) is 10.9. The smallest absolute Gasteiger partial charge is 0.426 e. The highest BCUT2D eigenvalue weighted by Gasteiger charge is 2.48. The maximum Gasteiger partial charge on any atom is 0.426 e. The van der Waals surface area contributed by atoms with Crippen molar-refractivity contribution in [3.63, 3.8) is 0 Å². The molecule has 1 fully saturated rings. The molecule has 9 heteroatoms. The quantitative estimate of drug-likeness (QED) is 0.847. The summed E-state index contributed by atoms with van der Waals surface area (Å²) < 4.78 is 57.0. The second kappa shape index (κ2) is 5.71. The third-order valence-corrected chi connectivity index (χ3v) is 3.94. The van der Waals surface area contributed by atoms with E-state index in [0.29, 0.717) is 5.56 Å². The standard InChI is InChI=1S/C11H11F2NO5S/c12-10(13)9-7-19-20(16,17)14(9)11(15)18-6-8-4-2-1-3-5-8/h1-5,9-10H,6-7H2/t9-/m0/s1. The number of nitrogens with zero attached hydrogens (tertiary/aromatic N) is 1. The van der Waals surface area contributed by atoms with E-state index in [9.17, 15) is 22.0 Å². The molecule has 1 amide bonds. The molecule has 1 aliphatic rings. The van der Waals surface area contributed by atoms with Crippen molar-refractivity contribution < 1.29 is 30.9 Å². The van der Waals surface area contributed by atoms with E-state index < -0.39 is 35.5 Å². The van der Waals surface area contributed by atoms with E-state index in [2.05, 4.69) is 4.18 Å². The molecule has 110 valence electrons. The summed E-state index contributed by atoms with van der Waals surface area (Å²) in [5.74, 6) is 0. The first-order valence-corrected chi connectivity index (χ1v) is 6.96. The highest BCUT2D eigenvalue weighted by atomic mass is 32.2. The molecule has 0 aromatic heterocycles. The Morgan fingerprint density at radius 1 is 1.40 bits per heavy atom. The summed E-state index contributed by atoms with van der Waals surface area (Å²) in [6.07, 6.45) is -4.42. The summed E-state index contributed by atoms with van der Waals surface area (Å²) in [4.78, 5) is 11.7. The maximum atomic E-state index is 12.7. The van der Waals surface area contributed by atoms with E-state index in [0.717, 1.165) is 0 Å². The lowest BCUT2D eigenvalue weighted by Crippen LogP contribution is -2.43. The van der Waals surface area contributed by atoms with Gasteiger partial charge in [-0.2, -0.15) is 12.7 Å². The van der Waals surface area contributed by atoms with Gasteiger partial charge >= 0.3 is 16.4 Å². The second-order valence-electron chi connectivity index (χ2n) is 3.98. The Morgan fingerprint density at radius 3 is 2.65 bits per heavy atom. The van der Waals surface area contributed by atoms with Crippen molar-refractivity contribution in [1.82, 2.24) is 4.31 Å². The van der Waals surface area contributed by atoms with Crippen LogP contribution in [0.15, 0.2) is 30.3 Å². The number of halogens is 2. The van der Waals surface area contributed by atoms with Gasteiger partial charge in [0.25, 0.3) is 6.43 Å². The first kappa shape index (κ1) is 14.7. The molecule has 0 radical (unpaired) electrons. The Labute approximate surface area is 114 Å². The molecular formula is C11H11F2NO5S. The van der Waals surface area contributed by atoms with Crippen LogP contribution in [0, 0.1) is 0 Å². The number of carbonyl (C=O) groups is 1. The van der Waals surface area contributed by atoms with Gasteiger partial charge in [0.2, 0.25) is 0 Å². The lowest BCUT2D eigenvalue weighted by atomic mass is 10.2. The van der Waals surface area contributed by atoms with Crippen molar-refractivity contribution in [3.8, 4) is 0 Å². The number of hydrogen-bond acceptors (Lipinski definition) is 5. The molecule has 0 saturated carbocycles. The molecular weight excluding hydrogens is 296 g/mol. The van der Waals surface area contributed by atoms with Crippen LogP contribution >= 0.6 is 0 Å². The molecule has 1 aromatic rings. The van der Waals surface area contributed by atoms with Crippen molar-refractivity contribution in [2.45, 2.75) is 19.1 Å². The first-order chi connectivity index (χ1) is 9.42. The van der Waals surface area contributed by atoms with E-state index in [-0.39, 0.29) is 10.9 Å². The molecule has 1 heterocycles. The number of rotatable bonds is 3. The molecule has 0 aliphatic carbocycles. The van der Waals surface area contributed by atoms with Gasteiger partial charge in [0.1, 0.15) is 12.6 Å². The average molecular weight is 307 g/mol. The highest BCUT2D eigenvalue weighted by Crippen LogP contribution is 2.24. The van der Waals surface area contributed by atoms with Gasteiger partial charge in [-0.1, -0.05) is 30.3 Å². The molecule has 20 heavy (non-hydrogen) atoms. The molecule has 1 aromatic carbocycles. The predicted molar refractivity (Wildman–Crippen MR) is 63.1 cm³/mol. The molecule has 6 nitrogen and oxygen atoms in total. The molecule has 1 atom stereocenters. The lowest BCUT2D eigenvalue weighted by Gasteiger charge is -2.19. The minimum absolute atomic E-state index is 0.0550. The largest absolute Gasteiger partial charge is 0.444 e. The second-order valence-corrected chi connectivity index (χ2v) is 5.46. The highest BCUT2D eigenvalue weighted by molar-refractivity contribution is 7.85. The monoisotopic (exact) mass is 307 g/mol. The van der Waals surface area contributed by atoms with Crippen LogP contribution in [0.25, 0.3) is 0 Å². The molecule has 0 unspecified atom stereocenters. The van der Waals surface area contributed by atoms with Crippen LogP contribution in [-0.4, -0.2) is 37.9 Å². The molecule has 1 saturated heterocycles. The van der Waals surface area contributed by atoms with Crippen molar-refractivity contribution in [1.29, 1.82) is 0 Å². The Hall–Kier alpha value is -1.74. The predicted octanol–water partition coefficient (Wildman–Crippen LogP) is 1.53. The van der Waals surface area contributed by atoms with Crippen LogP contribution in [0.1, 0.15) is 5.56 Å². The maximum absolute atomic E-state index is 12.7. The minimum Gasteiger partial charge on any atom is -0.444 e. The van der Waals surface area contributed by atoms with E-state index in [1.54, 1.807) is 30.3 Å². The van der Waals surface area contributed by atoms with E-state index >= 15 is 0 Å². The number of ether oxygens (including phenoxy) is 1. The van der Waals surface area contributed by atoms with Gasteiger partial charge in [-0.3, -0.25) is 4.18 Å². The summed E-state index contributed by atoms with van der Waals surface area (Å²) in [6, 6.07) is 6.57. The number of amides is 1. The summed E-state index contributed by atoms with van der Waals surface area (Å²) in [5.41, 5.74) is 0.604. The van der Waals surface area contributed by atoms with E-state index in [1.165, 1.54) is 0 Å². The van der Waals surface area contributed by atoms with Crippen molar-refractivity contribution in [2.75, 3.05) is 6.61 Å². The zero-order chi connectivity index (χ0) is 14.8. The Kier molecular flexibility index (Phi) is 4.19. The van der Waals surface area contributed by atoms with E-state index in [1.807, 2.05) is 0 Å². The Balaban J connectivity index is 2.07. The molecule has 2 rings (SSSR count). The lowest BCUT2D eigenvalue weighted by molar-refractivity contribution is 0.0492. The Morgan fingerprint density at radius 2 is 2.05 bits per heavy atom. The fraction of sp³-hybridized carbons (Fsp3) is 0.364. The summed E-state index contributed by atoms with van der Waals surface area (Å²) in [7, 11) is -4.51. The molecule has 0 spiro atoms. The summed E-state index contributed by atoms with van der Waals surface area (Å²) >= 11 is 0. The van der Waals surface area contributed by atoms with Crippen molar-refractivity contribution in [2.24, 2.45) is 0 Å². The van der Waals surface area contributed by atoms with Crippen LogP contribution in [0.4, 0.5) is 13.6 Å². The normalized spacial score (nSPS) is 21.1. The first-order valence-electron chi connectivity index (χ1n) is 5.59. The number of hydrogen-bond donors (Lipinski definition) is 0. The van der Waals surface area contributed by atoms with Crippen molar-refractivity contribution in [3.05, 3.63) is 35.9 Å². The third kappa shape index (κ3) is 3.05. The van der Waals surface area contributed by atoms with Gasteiger partial charge in [0, 0.05) is 0 Å². The molecule has 0 N–H and O–H groups in total. The van der Waals surface area contributed by atoms with Gasteiger partial charge < -0.3 is 4.74 Å². The van der Waals surface area contributed by atoms with Crippen LogP contribution < -0.4 is 0 Å². The van der Waals surface area contributed by atoms with Gasteiger partial charge in [0.05, 0.1) is 6.61 Å².